The van der Waals surface area contributed by atoms with E-state index in [1.165, 1.54) is 6.07 Å². The van der Waals surface area contributed by atoms with E-state index in [9.17, 15) is 4.39 Å². The minimum absolute atomic E-state index is 0.183. The van der Waals surface area contributed by atoms with E-state index in [0.717, 1.165) is 23.2 Å². The molecule has 0 amide bonds. The van der Waals surface area contributed by atoms with Crippen molar-refractivity contribution in [2.24, 2.45) is 0 Å². The highest BCUT2D eigenvalue weighted by atomic mass is 19.1. The summed E-state index contributed by atoms with van der Waals surface area (Å²) in [6.45, 7) is 8.82. The lowest BCUT2D eigenvalue weighted by Gasteiger charge is -2.22. The Labute approximate surface area is 102 Å². The first-order valence-corrected chi connectivity index (χ1v) is 6.09. The molecule has 0 bridgehead atoms. The third kappa shape index (κ3) is 1.94. The molecule has 3 heteroatoms. The summed E-state index contributed by atoms with van der Waals surface area (Å²) < 4.78 is 13.9. The lowest BCUT2D eigenvalue weighted by Crippen LogP contribution is -2.30. The molecule has 0 unspecified atom stereocenters. The number of amidine groups is 1. The summed E-state index contributed by atoms with van der Waals surface area (Å²) in [6.07, 6.45) is 0. The van der Waals surface area contributed by atoms with Crippen molar-refractivity contribution in [3.63, 3.8) is 0 Å². The molecular formula is C14H19FN2. The molecule has 1 aliphatic rings. The predicted octanol–water partition coefficient (Wildman–Crippen LogP) is 3.50. The van der Waals surface area contributed by atoms with Crippen LogP contribution in [-0.4, -0.2) is 16.8 Å². The van der Waals surface area contributed by atoms with Crippen molar-refractivity contribution in [1.82, 2.24) is 4.90 Å². The Morgan fingerprint density at radius 3 is 2.41 bits per heavy atom. The van der Waals surface area contributed by atoms with Crippen LogP contribution in [0.25, 0.3) is 0 Å². The fourth-order valence-electron chi connectivity index (χ4n) is 2.29. The molecule has 0 saturated carbocycles. The van der Waals surface area contributed by atoms with E-state index in [-0.39, 0.29) is 17.8 Å². The molecule has 0 spiro atoms. The zero-order valence-corrected chi connectivity index (χ0v) is 10.8. The van der Waals surface area contributed by atoms with Gasteiger partial charge in [0.25, 0.3) is 0 Å². The Morgan fingerprint density at radius 1 is 1.24 bits per heavy atom. The van der Waals surface area contributed by atoms with Crippen molar-refractivity contribution in [3.8, 4) is 0 Å². The number of hydrogen-bond donors (Lipinski definition) is 1. The van der Waals surface area contributed by atoms with Crippen LogP contribution in [0.15, 0.2) is 12.1 Å². The molecule has 1 N–H and O–H groups in total. The van der Waals surface area contributed by atoms with Crippen LogP contribution in [0.4, 0.5) is 4.39 Å². The Bertz CT molecular complexity index is 464. The molecular weight excluding hydrogens is 215 g/mol. The Balaban J connectivity index is 2.46. The van der Waals surface area contributed by atoms with Crippen molar-refractivity contribution in [2.75, 3.05) is 0 Å². The molecule has 0 atom stereocenters. The third-order valence-electron chi connectivity index (χ3n) is 3.35. The average molecular weight is 234 g/mol. The highest BCUT2D eigenvalue weighted by Gasteiger charge is 2.27. The van der Waals surface area contributed by atoms with Crippen molar-refractivity contribution in [1.29, 1.82) is 5.41 Å². The van der Waals surface area contributed by atoms with Gasteiger partial charge in [0.05, 0.1) is 0 Å². The SMILES string of the molecule is CC(C)c1cc2c(cc1F)C(=N)N(C(C)C)C2. The Hall–Kier alpha value is -1.38. The second kappa shape index (κ2) is 4.13. The average Bonchev–Trinajstić information content (AvgIpc) is 2.55. The number of halogens is 1. The van der Waals surface area contributed by atoms with Crippen LogP contribution in [0.1, 0.15) is 50.3 Å². The monoisotopic (exact) mass is 234 g/mol. The number of nitrogens with one attached hydrogen (secondary N) is 1. The topological polar surface area (TPSA) is 27.1 Å². The van der Waals surface area contributed by atoms with E-state index in [1.54, 1.807) is 0 Å². The van der Waals surface area contributed by atoms with Crippen LogP contribution in [0, 0.1) is 11.2 Å². The third-order valence-corrected chi connectivity index (χ3v) is 3.35. The first kappa shape index (κ1) is 12.1. The second-order valence-corrected chi connectivity index (χ2v) is 5.26. The number of hydrogen-bond acceptors (Lipinski definition) is 1. The van der Waals surface area contributed by atoms with Gasteiger partial charge in [0.2, 0.25) is 0 Å². The summed E-state index contributed by atoms with van der Waals surface area (Å²) in [5, 5.41) is 8.05. The molecule has 0 aromatic heterocycles. The molecule has 2 rings (SSSR count). The van der Waals surface area contributed by atoms with Gasteiger partial charge in [-0.05, 0) is 37.0 Å². The van der Waals surface area contributed by atoms with Crippen molar-refractivity contribution >= 4 is 5.84 Å². The fourth-order valence-corrected chi connectivity index (χ4v) is 2.29. The molecule has 0 saturated heterocycles. The molecule has 0 fully saturated rings. The number of rotatable bonds is 2. The van der Waals surface area contributed by atoms with Crippen LogP contribution in [0.5, 0.6) is 0 Å². The first-order chi connectivity index (χ1) is 7.91. The maximum atomic E-state index is 13.9. The van der Waals surface area contributed by atoms with E-state index >= 15 is 0 Å². The quantitative estimate of drug-likeness (QED) is 0.833. The summed E-state index contributed by atoms with van der Waals surface area (Å²) in [4.78, 5) is 1.99. The van der Waals surface area contributed by atoms with E-state index in [2.05, 4.69) is 13.8 Å². The van der Waals surface area contributed by atoms with Gasteiger partial charge in [-0.2, -0.15) is 0 Å². The molecule has 0 radical (unpaired) electrons. The van der Waals surface area contributed by atoms with Gasteiger partial charge in [-0.1, -0.05) is 19.9 Å². The molecule has 1 aliphatic heterocycles. The minimum Gasteiger partial charge on any atom is -0.350 e. The van der Waals surface area contributed by atoms with Gasteiger partial charge in [0.1, 0.15) is 11.7 Å². The molecule has 1 heterocycles. The van der Waals surface area contributed by atoms with Gasteiger partial charge in [0.15, 0.2) is 0 Å². The fraction of sp³-hybridized carbons (Fsp3) is 0.500. The second-order valence-electron chi connectivity index (χ2n) is 5.26. The largest absolute Gasteiger partial charge is 0.350 e. The lowest BCUT2D eigenvalue weighted by molar-refractivity contribution is 0.355. The van der Waals surface area contributed by atoms with Crippen LogP contribution in [0.3, 0.4) is 0 Å². The van der Waals surface area contributed by atoms with E-state index < -0.39 is 0 Å². The van der Waals surface area contributed by atoms with Crippen LogP contribution in [0.2, 0.25) is 0 Å². The van der Waals surface area contributed by atoms with Gasteiger partial charge in [0, 0.05) is 18.2 Å². The lowest BCUT2D eigenvalue weighted by atomic mass is 9.97. The van der Waals surface area contributed by atoms with Gasteiger partial charge in [-0.3, -0.25) is 5.41 Å². The maximum absolute atomic E-state index is 13.9. The maximum Gasteiger partial charge on any atom is 0.129 e. The molecule has 92 valence electrons. The molecule has 0 aliphatic carbocycles. The normalized spacial score (nSPS) is 15.0. The van der Waals surface area contributed by atoms with E-state index in [1.807, 2.05) is 24.8 Å². The van der Waals surface area contributed by atoms with Crippen LogP contribution in [-0.2, 0) is 6.54 Å². The van der Waals surface area contributed by atoms with Crippen molar-refractivity contribution < 1.29 is 4.39 Å². The molecule has 17 heavy (non-hydrogen) atoms. The first-order valence-electron chi connectivity index (χ1n) is 6.09. The summed E-state index contributed by atoms with van der Waals surface area (Å²) in [5.74, 6) is 0.445. The number of nitrogens with zero attached hydrogens (tertiary/aromatic N) is 1. The van der Waals surface area contributed by atoms with Crippen molar-refractivity contribution in [2.45, 2.75) is 46.2 Å². The molecule has 2 nitrogen and oxygen atoms in total. The summed E-state index contributed by atoms with van der Waals surface area (Å²) in [5.41, 5.74) is 2.58. The van der Waals surface area contributed by atoms with Gasteiger partial charge in [-0.15, -0.1) is 0 Å². The smallest absolute Gasteiger partial charge is 0.129 e. The summed E-state index contributed by atoms with van der Waals surface area (Å²) >= 11 is 0. The Morgan fingerprint density at radius 2 is 1.88 bits per heavy atom. The van der Waals surface area contributed by atoms with Gasteiger partial charge >= 0.3 is 0 Å². The summed E-state index contributed by atoms with van der Waals surface area (Å²) in [6, 6.07) is 3.72. The highest BCUT2D eigenvalue weighted by molar-refractivity contribution is 6.00. The predicted molar refractivity (Wildman–Crippen MR) is 68.0 cm³/mol. The van der Waals surface area contributed by atoms with Crippen LogP contribution < -0.4 is 0 Å². The van der Waals surface area contributed by atoms with Gasteiger partial charge < -0.3 is 4.90 Å². The van der Waals surface area contributed by atoms with Crippen LogP contribution >= 0.6 is 0 Å². The van der Waals surface area contributed by atoms with Gasteiger partial charge in [-0.25, -0.2) is 4.39 Å². The standard InChI is InChI=1S/C14H19FN2/c1-8(2)11-5-10-7-17(9(3)4)14(16)12(10)6-13(11)15/h5-6,8-9,16H,7H2,1-4H3. The zero-order chi connectivity index (χ0) is 12.7. The number of fused-ring (bicyclic) bond motifs is 1. The highest BCUT2D eigenvalue weighted by Crippen LogP contribution is 2.29. The van der Waals surface area contributed by atoms with E-state index in [0.29, 0.717) is 5.84 Å². The molecule has 1 aromatic rings. The van der Waals surface area contributed by atoms with E-state index in [4.69, 9.17) is 5.41 Å². The zero-order valence-electron chi connectivity index (χ0n) is 10.8. The Kier molecular flexibility index (Phi) is 2.94. The minimum atomic E-state index is -0.186. The molecule has 1 aromatic carbocycles. The van der Waals surface area contributed by atoms with Crippen molar-refractivity contribution in [3.05, 3.63) is 34.6 Å². The number of benzene rings is 1. The summed E-state index contributed by atoms with van der Waals surface area (Å²) in [7, 11) is 0.